The topological polar surface area (TPSA) is 72.2 Å². The van der Waals surface area contributed by atoms with Gasteiger partial charge in [0.25, 0.3) is 0 Å². The highest BCUT2D eigenvalue weighted by Gasteiger charge is 2.33. The van der Waals surface area contributed by atoms with Gasteiger partial charge in [0, 0.05) is 16.6 Å². The van der Waals surface area contributed by atoms with Crippen molar-refractivity contribution in [1.82, 2.24) is 4.72 Å². The number of halogens is 3. The molecule has 1 rings (SSSR count). The molecular formula is C12H17BrCl2N2O2S. The summed E-state index contributed by atoms with van der Waals surface area (Å²) in [5.41, 5.74) is 5.02. The smallest absolute Gasteiger partial charge is 0.244 e. The van der Waals surface area contributed by atoms with Crippen LogP contribution in [-0.2, 0) is 10.0 Å². The van der Waals surface area contributed by atoms with Gasteiger partial charge in [0.1, 0.15) is 4.90 Å². The van der Waals surface area contributed by atoms with Gasteiger partial charge >= 0.3 is 0 Å². The predicted molar refractivity (Wildman–Crippen MR) is 86.9 cm³/mol. The fraction of sp³-hybridized carbons (Fsp3) is 0.500. The molecule has 1 aromatic carbocycles. The van der Waals surface area contributed by atoms with E-state index in [1.165, 1.54) is 12.1 Å². The van der Waals surface area contributed by atoms with Crippen LogP contribution >= 0.6 is 39.1 Å². The molecular weight excluding hydrogens is 387 g/mol. The van der Waals surface area contributed by atoms with Crippen molar-refractivity contribution in [2.24, 2.45) is 5.73 Å². The zero-order chi connectivity index (χ0) is 15.6. The van der Waals surface area contributed by atoms with Crippen LogP contribution in [0.5, 0.6) is 0 Å². The average molecular weight is 404 g/mol. The molecule has 0 amide bonds. The normalized spacial score (nSPS) is 12.7. The van der Waals surface area contributed by atoms with Crippen LogP contribution in [0.4, 0.5) is 0 Å². The van der Waals surface area contributed by atoms with E-state index < -0.39 is 15.6 Å². The Morgan fingerprint density at radius 1 is 1.25 bits per heavy atom. The molecule has 0 aliphatic heterocycles. The van der Waals surface area contributed by atoms with Gasteiger partial charge in [-0.15, -0.1) is 0 Å². The van der Waals surface area contributed by atoms with E-state index in [4.69, 9.17) is 28.9 Å². The van der Waals surface area contributed by atoms with E-state index >= 15 is 0 Å². The van der Waals surface area contributed by atoms with E-state index in [2.05, 4.69) is 20.7 Å². The van der Waals surface area contributed by atoms with Gasteiger partial charge in [-0.25, -0.2) is 13.1 Å². The Morgan fingerprint density at radius 3 is 2.05 bits per heavy atom. The van der Waals surface area contributed by atoms with Crippen molar-refractivity contribution in [2.45, 2.75) is 37.1 Å². The zero-order valence-corrected chi connectivity index (χ0v) is 15.1. The second-order valence-electron chi connectivity index (χ2n) is 4.50. The first-order valence-corrected chi connectivity index (χ1v) is 9.13. The Balaban J connectivity index is 3.32. The summed E-state index contributed by atoms with van der Waals surface area (Å²) in [6, 6.07) is 2.98. The molecule has 4 nitrogen and oxygen atoms in total. The van der Waals surface area contributed by atoms with E-state index in [-0.39, 0.29) is 21.5 Å². The summed E-state index contributed by atoms with van der Waals surface area (Å²) < 4.78 is 28.3. The summed E-state index contributed by atoms with van der Waals surface area (Å²) in [4.78, 5) is -0.122. The van der Waals surface area contributed by atoms with Gasteiger partial charge in [-0.1, -0.05) is 53.0 Å². The maximum atomic E-state index is 12.5. The van der Waals surface area contributed by atoms with Gasteiger partial charge in [-0.3, -0.25) is 0 Å². The van der Waals surface area contributed by atoms with Crippen molar-refractivity contribution < 1.29 is 8.42 Å². The SMILES string of the molecule is CCC(CC)(CN)NS(=O)(=O)c1c(Cl)cc(Br)cc1Cl. The first-order chi connectivity index (χ1) is 9.21. The molecule has 0 aromatic heterocycles. The Kier molecular flexibility index (Phi) is 6.32. The lowest BCUT2D eigenvalue weighted by molar-refractivity contribution is 0.363. The molecule has 114 valence electrons. The predicted octanol–water partition coefficient (Wildman–Crippen LogP) is 3.55. The summed E-state index contributed by atoms with van der Waals surface area (Å²) in [5.74, 6) is 0. The number of rotatable bonds is 6. The molecule has 20 heavy (non-hydrogen) atoms. The molecule has 8 heteroatoms. The Labute approximate surface area is 138 Å². The summed E-state index contributed by atoms with van der Waals surface area (Å²) >= 11 is 15.2. The molecule has 0 saturated heterocycles. The van der Waals surface area contributed by atoms with E-state index in [9.17, 15) is 8.42 Å². The third-order valence-electron chi connectivity index (χ3n) is 3.33. The van der Waals surface area contributed by atoms with Crippen molar-refractivity contribution in [3.63, 3.8) is 0 Å². The van der Waals surface area contributed by atoms with Crippen LogP contribution < -0.4 is 10.5 Å². The van der Waals surface area contributed by atoms with Gasteiger partial charge in [-0.05, 0) is 25.0 Å². The largest absolute Gasteiger partial charge is 0.329 e. The standard InChI is InChI=1S/C12H17BrCl2N2O2S/c1-3-12(4-2,7-16)17-20(18,19)11-9(14)5-8(13)6-10(11)15/h5-6,17H,3-4,7,16H2,1-2H3. The van der Waals surface area contributed by atoms with E-state index in [0.29, 0.717) is 17.3 Å². The lowest BCUT2D eigenvalue weighted by atomic mass is 9.95. The summed E-state index contributed by atoms with van der Waals surface area (Å²) in [6.45, 7) is 3.96. The highest BCUT2D eigenvalue weighted by Crippen LogP contribution is 2.33. The van der Waals surface area contributed by atoms with Crippen LogP contribution in [0.15, 0.2) is 21.5 Å². The third kappa shape index (κ3) is 3.87. The molecule has 0 fully saturated rings. The number of nitrogens with two attached hydrogens (primary N) is 1. The minimum absolute atomic E-state index is 0.0648. The van der Waals surface area contributed by atoms with E-state index in [1.54, 1.807) is 0 Å². The monoisotopic (exact) mass is 402 g/mol. The van der Waals surface area contributed by atoms with Crippen LogP contribution in [0.25, 0.3) is 0 Å². The molecule has 3 N–H and O–H groups in total. The number of hydrogen-bond acceptors (Lipinski definition) is 3. The molecule has 1 aromatic rings. The first-order valence-electron chi connectivity index (χ1n) is 6.10. The lowest BCUT2D eigenvalue weighted by Crippen LogP contribution is -2.52. The van der Waals surface area contributed by atoms with Crippen LogP contribution in [0.1, 0.15) is 26.7 Å². The molecule has 0 aliphatic rings. The minimum atomic E-state index is -3.85. The molecule has 0 saturated carbocycles. The fourth-order valence-electron chi connectivity index (χ4n) is 1.85. The second-order valence-corrected chi connectivity index (χ2v) is 7.84. The van der Waals surface area contributed by atoms with Crippen LogP contribution in [-0.4, -0.2) is 20.5 Å². The minimum Gasteiger partial charge on any atom is -0.329 e. The molecule has 0 atom stereocenters. The Bertz CT molecular complexity index is 558. The van der Waals surface area contributed by atoms with Crippen molar-refractivity contribution in [3.05, 3.63) is 26.7 Å². The summed E-state index contributed by atoms with van der Waals surface area (Å²) in [5, 5.41) is 0.130. The Morgan fingerprint density at radius 2 is 1.70 bits per heavy atom. The molecule has 0 radical (unpaired) electrons. The van der Waals surface area contributed by atoms with Crippen LogP contribution in [0, 0.1) is 0 Å². The molecule has 0 bridgehead atoms. The van der Waals surface area contributed by atoms with E-state index in [1.807, 2.05) is 13.8 Å². The number of hydrogen-bond donors (Lipinski definition) is 2. The van der Waals surface area contributed by atoms with Crippen molar-refractivity contribution in [3.8, 4) is 0 Å². The number of nitrogens with one attached hydrogen (secondary N) is 1. The second kappa shape index (κ2) is 6.94. The van der Waals surface area contributed by atoms with Gasteiger partial charge in [0.2, 0.25) is 10.0 Å². The fourth-order valence-corrected chi connectivity index (χ4v) is 5.34. The summed E-state index contributed by atoms with van der Waals surface area (Å²) in [7, 11) is -3.85. The third-order valence-corrected chi connectivity index (χ3v) is 6.28. The van der Waals surface area contributed by atoms with Crippen molar-refractivity contribution in [1.29, 1.82) is 0 Å². The van der Waals surface area contributed by atoms with E-state index in [0.717, 1.165) is 0 Å². The van der Waals surface area contributed by atoms with Crippen molar-refractivity contribution in [2.75, 3.05) is 6.54 Å². The first kappa shape index (κ1) is 18.2. The van der Waals surface area contributed by atoms with Crippen molar-refractivity contribution >= 4 is 49.2 Å². The molecule has 0 heterocycles. The van der Waals surface area contributed by atoms with Gasteiger partial charge in [-0.2, -0.15) is 0 Å². The molecule has 0 aliphatic carbocycles. The van der Waals surface area contributed by atoms with Gasteiger partial charge in [0.05, 0.1) is 10.0 Å². The van der Waals surface area contributed by atoms with Gasteiger partial charge in [0.15, 0.2) is 0 Å². The lowest BCUT2D eigenvalue weighted by Gasteiger charge is -2.31. The maximum absolute atomic E-state index is 12.5. The van der Waals surface area contributed by atoms with Crippen LogP contribution in [0.2, 0.25) is 10.0 Å². The maximum Gasteiger partial charge on any atom is 0.244 e. The quantitative estimate of drug-likeness (QED) is 0.762. The zero-order valence-electron chi connectivity index (χ0n) is 11.2. The van der Waals surface area contributed by atoms with Crippen LogP contribution in [0.3, 0.4) is 0 Å². The summed E-state index contributed by atoms with van der Waals surface area (Å²) in [6.07, 6.45) is 1.15. The number of sulfonamides is 1. The molecule has 0 unspecified atom stereocenters. The number of benzene rings is 1. The molecule has 0 spiro atoms. The highest BCUT2D eigenvalue weighted by atomic mass is 79.9. The Hall–Kier alpha value is 0.150. The highest BCUT2D eigenvalue weighted by molar-refractivity contribution is 9.10. The van der Waals surface area contributed by atoms with Gasteiger partial charge < -0.3 is 5.73 Å². The average Bonchev–Trinajstić information content (AvgIpc) is 2.34.